The van der Waals surface area contributed by atoms with Crippen molar-refractivity contribution in [2.24, 2.45) is 0 Å². The molecular formula is C13H20N2O4S2. The van der Waals surface area contributed by atoms with Crippen LogP contribution in [0.25, 0.3) is 0 Å². The molecule has 3 N–H and O–H groups in total. The highest BCUT2D eigenvalue weighted by Crippen LogP contribution is 2.20. The van der Waals surface area contributed by atoms with Gasteiger partial charge in [-0.3, -0.25) is 0 Å². The van der Waals surface area contributed by atoms with Crippen LogP contribution < -0.4 is 10.5 Å². The number of esters is 1. The second-order valence-corrected chi connectivity index (χ2v) is 7.22. The number of benzene rings is 1. The maximum atomic E-state index is 12.4. The van der Waals surface area contributed by atoms with E-state index >= 15 is 0 Å². The molecule has 0 bridgehead atoms. The van der Waals surface area contributed by atoms with E-state index in [4.69, 9.17) is 5.73 Å². The Morgan fingerprint density at radius 3 is 2.71 bits per heavy atom. The van der Waals surface area contributed by atoms with Gasteiger partial charge in [-0.15, -0.1) is 0 Å². The summed E-state index contributed by atoms with van der Waals surface area (Å²) in [4.78, 5) is 11.6. The van der Waals surface area contributed by atoms with Gasteiger partial charge < -0.3 is 10.5 Å². The van der Waals surface area contributed by atoms with Crippen molar-refractivity contribution < 1.29 is 17.9 Å². The zero-order chi connectivity index (χ0) is 16.0. The van der Waals surface area contributed by atoms with Crippen LogP contribution in [0.1, 0.15) is 23.7 Å². The smallest absolute Gasteiger partial charge is 0.339 e. The van der Waals surface area contributed by atoms with Gasteiger partial charge in [0.15, 0.2) is 0 Å². The summed E-state index contributed by atoms with van der Waals surface area (Å²) in [5, 5.41) is 0. The molecule has 1 aromatic carbocycles. The normalized spacial score (nSPS) is 12.9. The van der Waals surface area contributed by atoms with E-state index < -0.39 is 16.0 Å². The van der Waals surface area contributed by atoms with Gasteiger partial charge in [0.1, 0.15) is 0 Å². The average Bonchev–Trinajstić information content (AvgIpc) is 2.43. The molecule has 0 heterocycles. The second kappa shape index (κ2) is 7.67. The molecule has 0 fully saturated rings. The van der Waals surface area contributed by atoms with Gasteiger partial charge in [-0.2, -0.15) is 11.8 Å². The van der Waals surface area contributed by atoms with Crippen LogP contribution in [-0.4, -0.2) is 39.5 Å². The molecule has 6 nitrogen and oxygen atoms in total. The highest BCUT2D eigenvalue weighted by Gasteiger charge is 2.24. The monoisotopic (exact) mass is 332 g/mol. The minimum Gasteiger partial charge on any atom is -0.465 e. The number of anilines is 1. The van der Waals surface area contributed by atoms with Crippen LogP contribution in [0.15, 0.2) is 23.1 Å². The summed E-state index contributed by atoms with van der Waals surface area (Å²) in [5.41, 5.74) is 5.83. The summed E-state index contributed by atoms with van der Waals surface area (Å²) in [7, 11) is -2.62. The van der Waals surface area contributed by atoms with Gasteiger partial charge in [0.25, 0.3) is 0 Å². The van der Waals surface area contributed by atoms with Crippen molar-refractivity contribution in [2.45, 2.75) is 24.3 Å². The summed E-state index contributed by atoms with van der Waals surface area (Å²) in [6.45, 7) is 1.78. The maximum absolute atomic E-state index is 12.4. The van der Waals surface area contributed by atoms with Crippen molar-refractivity contribution in [2.75, 3.05) is 24.9 Å². The van der Waals surface area contributed by atoms with Crippen molar-refractivity contribution in [3.05, 3.63) is 23.8 Å². The van der Waals surface area contributed by atoms with E-state index in [0.29, 0.717) is 12.1 Å². The predicted molar refractivity (Wildman–Crippen MR) is 85.0 cm³/mol. The molecule has 0 aliphatic heterocycles. The van der Waals surface area contributed by atoms with Gasteiger partial charge in [0.2, 0.25) is 10.0 Å². The van der Waals surface area contributed by atoms with Crippen LogP contribution in [0.3, 0.4) is 0 Å². The highest BCUT2D eigenvalue weighted by atomic mass is 32.2. The van der Waals surface area contributed by atoms with Crippen LogP contribution in [0, 0.1) is 0 Å². The van der Waals surface area contributed by atoms with Crippen molar-refractivity contribution in [1.29, 1.82) is 0 Å². The van der Waals surface area contributed by atoms with Crippen molar-refractivity contribution in [1.82, 2.24) is 4.72 Å². The van der Waals surface area contributed by atoms with Gasteiger partial charge in [-0.25, -0.2) is 17.9 Å². The number of ether oxygens (including phenoxy) is 1. The summed E-state index contributed by atoms with van der Waals surface area (Å²) in [5.74, 6) is 0.106. The molecule has 0 aliphatic rings. The lowest BCUT2D eigenvalue weighted by Crippen LogP contribution is -2.34. The average molecular weight is 332 g/mol. The van der Waals surface area contributed by atoms with Crippen LogP contribution >= 0.6 is 11.8 Å². The Labute approximate surface area is 129 Å². The maximum Gasteiger partial charge on any atom is 0.339 e. The summed E-state index contributed by atoms with van der Waals surface area (Å²) in [6, 6.07) is 3.82. The van der Waals surface area contributed by atoms with E-state index in [0.717, 1.165) is 5.75 Å². The third kappa shape index (κ3) is 4.90. The molecule has 8 heteroatoms. The predicted octanol–water partition coefficient (Wildman–Crippen LogP) is 1.48. The molecule has 0 aliphatic carbocycles. The van der Waals surface area contributed by atoms with Gasteiger partial charge >= 0.3 is 5.97 Å². The minimum atomic E-state index is -3.81. The first-order valence-electron chi connectivity index (χ1n) is 6.31. The fourth-order valence-corrected chi connectivity index (χ4v) is 3.78. The number of hydrogen-bond donors (Lipinski definition) is 2. The molecule has 1 unspecified atom stereocenters. The Morgan fingerprint density at radius 1 is 1.48 bits per heavy atom. The number of carbonyl (C=O) groups excluding carboxylic acids is 1. The molecule has 0 saturated carbocycles. The summed E-state index contributed by atoms with van der Waals surface area (Å²) >= 11 is 1.64. The molecule has 1 atom stereocenters. The number of sulfonamides is 1. The molecule has 1 rings (SSSR count). The first-order valence-corrected chi connectivity index (χ1v) is 9.18. The molecule has 0 aromatic heterocycles. The van der Waals surface area contributed by atoms with Crippen LogP contribution in [0.4, 0.5) is 5.69 Å². The number of carbonyl (C=O) groups is 1. The van der Waals surface area contributed by atoms with E-state index in [1.807, 2.05) is 6.26 Å². The van der Waals surface area contributed by atoms with Crippen molar-refractivity contribution in [3.63, 3.8) is 0 Å². The topological polar surface area (TPSA) is 98.5 Å². The Morgan fingerprint density at radius 2 is 2.14 bits per heavy atom. The molecule has 0 amide bonds. The molecular weight excluding hydrogens is 312 g/mol. The fraction of sp³-hybridized carbons (Fsp3) is 0.462. The van der Waals surface area contributed by atoms with E-state index in [1.165, 1.54) is 25.3 Å². The van der Waals surface area contributed by atoms with E-state index in [2.05, 4.69) is 9.46 Å². The first-order chi connectivity index (χ1) is 9.81. The number of hydrogen-bond acceptors (Lipinski definition) is 6. The Balaban J connectivity index is 3.10. The fourth-order valence-electron chi connectivity index (χ4n) is 1.73. The number of thioether (sulfide) groups is 1. The lowest BCUT2D eigenvalue weighted by atomic mass is 10.2. The quantitative estimate of drug-likeness (QED) is 0.579. The zero-order valence-electron chi connectivity index (χ0n) is 12.3. The lowest BCUT2D eigenvalue weighted by Gasteiger charge is -2.15. The third-order valence-corrected chi connectivity index (χ3v) is 5.10. The van der Waals surface area contributed by atoms with Crippen LogP contribution in [0.5, 0.6) is 0 Å². The van der Waals surface area contributed by atoms with Crippen LogP contribution in [-0.2, 0) is 14.8 Å². The molecule has 21 heavy (non-hydrogen) atoms. The van der Waals surface area contributed by atoms with Crippen molar-refractivity contribution in [3.8, 4) is 0 Å². The van der Waals surface area contributed by atoms with E-state index in [1.54, 1.807) is 18.7 Å². The molecule has 118 valence electrons. The standard InChI is InChI=1S/C13H20N2O4S2/c1-9(6-7-20-3)15-21(17,18)12-5-4-10(14)8-11(12)13(16)19-2/h4-5,8-9,15H,6-7,14H2,1-3H3. The molecule has 0 radical (unpaired) electrons. The highest BCUT2D eigenvalue weighted by molar-refractivity contribution is 7.98. The Kier molecular flexibility index (Phi) is 6.50. The minimum absolute atomic E-state index is 0.0675. The molecule has 1 aromatic rings. The number of methoxy groups -OCH3 is 1. The molecule has 0 saturated heterocycles. The first kappa shape index (κ1) is 17.8. The SMILES string of the molecule is COC(=O)c1cc(N)ccc1S(=O)(=O)NC(C)CCSC. The van der Waals surface area contributed by atoms with Gasteiger partial charge in [0.05, 0.1) is 17.6 Å². The largest absolute Gasteiger partial charge is 0.465 e. The number of nitrogen functional groups attached to an aromatic ring is 1. The molecule has 0 spiro atoms. The summed E-state index contributed by atoms with van der Waals surface area (Å²) < 4.78 is 31.9. The Bertz CT molecular complexity index is 602. The number of nitrogens with one attached hydrogen (secondary N) is 1. The van der Waals surface area contributed by atoms with Gasteiger partial charge in [0, 0.05) is 11.7 Å². The van der Waals surface area contributed by atoms with Gasteiger partial charge in [-0.05, 0) is 43.6 Å². The van der Waals surface area contributed by atoms with Crippen LogP contribution in [0.2, 0.25) is 0 Å². The number of rotatable bonds is 7. The lowest BCUT2D eigenvalue weighted by molar-refractivity contribution is 0.0596. The third-order valence-electron chi connectivity index (χ3n) is 2.81. The van der Waals surface area contributed by atoms with E-state index in [9.17, 15) is 13.2 Å². The van der Waals surface area contributed by atoms with Gasteiger partial charge in [-0.1, -0.05) is 0 Å². The zero-order valence-corrected chi connectivity index (χ0v) is 13.9. The summed E-state index contributed by atoms with van der Waals surface area (Å²) in [6.07, 6.45) is 2.65. The second-order valence-electron chi connectivity index (χ2n) is 4.55. The van der Waals surface area contributed by atoms with E-state index in [-0.39, 0.29) is 16.5 Å². The Hall–Kier alpha value is -1.25. The number of nitrogens with two attached hydrogens (primary N) is 1. The van der Waals surface area contributed by atoms with Crippen molar-refractivity contribution >= 4 is 33.4 Å².